The lowest BCUT2D eigenvalue weighted by atomic mass is 10.3. The Labute approximate surface area is 145 Å². The Hall–Kier alpha value is -2.68. The Bertz CT molecular complexity index is 779. The third kappa shape index (κ3) is 4.05. The molecule has 2 aromatic rings. The maximum absolute atomic E-state index is 11.8. The van der Waals surface area contributed by atoms with Gasteiger partial charge in [-0.1, -0.05) is 0 Å². The number of hydrogen-bond donors (Lipinski definition) is 2. The van der Waals surface area contributed by atoms with Crippen molar-refractivity contribution in [3.8, 4) is 0 Å². The molecule has 1 aliphatic rings. The molecule has 1 aliphatic heterocycles. The van der Waals surface area contributed by atoms with E-state index in [1.165, 1.54) is 12.1 Å². The number of piperazine rings is 1. The van der Waals surface area contributed by atoms with E-state index in [1.807, 2.05) is 13.8 Å². The minimum Gasteiger partial charge on any atom is -0.353 e. The summed E-state index contributed by atoms with van der Waals surface area (Å²) in [5.74, 6) is 0.751. The molecule has 25 heavy (non-hydrogen) atoms. The van der Waals surface area contributed by atoms with E-state index in [1.54, 1.807) is 6.07 Å². The summed E-state index contributed by atoms with van der Waals surface area (Å²) in [4.78, 5) is 34.2. The summed E-state index contributed by atoms with van der Waals surface area (Å²) >= 11 is 0. The first-order chi connectivity index (χ1) is 11.9. The van der Waals surface area contributed by atoms with Crippen LogP contribution in [-0.4, -0.2) is 64.5 Å². The molecule has 1 fully saturated rings. The number of nitrogens with one attached hydrogen (secondary N) is 2. The topological polar surface area (TPSA) is 107 Å². The van der Waals surface area contributed by atoms with Crippen molar-refractivity contribution in [1.82, 2.24) is 20.2 Å². The summed E-state index contributed by atoms with van der Waals surface area (Å²) in [6.07, 6.45) is 0. The van der Waals surface area contributed by atoms with Crippen molar-refractivity contribution in [1.29, 1.82) is 0 Å². The zero-order chi connectivity index (χ0) is 18.0. The van der Waals surface area contributed by atoms with Crippen LogP contribution in [0.2, 0.25) is 0 Å². The smallest absolute Gasteiger partial charge is 0.271 e. The molecule has 3 rings (SSSR count). The van der Waals surface area contributed by atoms with Crippen molar-refractivity contribution in [2.24, 2.45) is 0 Å². The number of non-ortho nitro benzene ring substituents is 1. The van der Waals surface area contributed by atoms with E-state index in [9.17, 15) is 14.9 Å². The van der Waals surface area contributed by atoms with E-state index in [0.717, 1.165) is 26.2 Å². The highest BCUT2D eigenvalue weighted by molar-refractivity contribution is 5.80. The minimum atomic E-state index is -0.416. The fourth-order valence-electron chi connectivity index (χ4n) is 2.94. The average Bonchev–Trinajstić information content (AvgIpc) is 2.97. The lowest BCUT2D eigenvalue weighted by Crippen LogP contribution is -2.50. The van der Waals surface area contributed by atoms with Crippen molar-refractivity contribution in [2.75, 3.05) is 37.6 Å². The van der Waals surface area contributed by atoms with Gasteiger partial charge in [-0.2, -0.15) is 0 Å². The molecule has 134 valence electrons. The number of imidazole rings is 1. The number of nitrogens with zero attached hydrogens (tertiary/aromatic N) is 4. The predicted octanol–water partition coefficient (Wildman–Crippen LogP) is 1.12. The van der Waals surface area contributed by atoms with Gasteiger partial charge in [0.05, 0.1) is 22.5 Å². The number of rotatable bonds is 5. The van der Waals surface area contributed by atoms with Crippen LogP contribution < -0.4 is 10.2 Å². The van der Waals surface area contributed by atoms with Crippen LogP contribution in [0, 0.1) is 10.1 Å². The minimum absolute atomic E-state index is 0.0412. The van der Waals surface area contributed by atoms with Crippen molar-refractivity contribution in [3.63, 3.8) is 0 Å². The van der Waals surface area contributed by atoms with Gasteiger partial charge in [0.2, 0.25) is 11.9 Å². The van der Waals surface area contributed by atoms with Crippen LogP contribution in [0.3, 0.4) is 0 Å². The van der Waals surface area contributed by atoms with Crippen molar-refractivity contribution in [2.45, 2.75) is 19.9 Å². The number of aromatic nitrogens is 2. The fraction of sp³-hybridized carbons (Fsp3) is 0.500. The first-order valence-electron chi connectivity index (χ1n) is 8.33. The quantitative estimate of drug-likeness (QED) is 0.620. The molecule has 0 bridgehead atoms. The number of hydrogen-bond acceptors (Lipinski definition) is 6. The Balaban J connectivity index is 1.62. The molecular weight excluding hydrogens is 324 g/mol. The third-order valence-electron chi connectivity index (χ3n) is 4.15. The second-order valence-electron chi connectivity index (χ2n) is 6.50. The number of carbonyl (C=O) groups is 1. The highest BCUT2D eigenvalue weighted by Crippen LogP contribution is 2.22. The molecule has 1 aromatic carbocycles. The van der Waals surface area contributed by atoms with Gasteiger partial charge >= 0.3 is 0 Å². The van der Waals surface area contributed by atoms with Crippen LogP contribution in [0.5, 0.6) is 0 Å². The summed E-state index contributed by atoms with van der Waals surface area (Å²) in [6, 6.07) is 4.75. The second kappa shape index (κ2) is 7.06. The Morgan fingerprint density at radius 2 is 2.08 bits per heavy atom. The van der Waals surface area contributed by atoms with E-state index in [4.69, 9.17) is 0 Å². The number of anilines is 1. The van der Waals surface area contributed by atoms with Crippen LogP contribution in [0.25, 0.3) is 11.0 Å². The zero-order valence-corrected chi connectivity index (χ0v) is 14.4. The van der Waals surface area contributed by atoms with Crippen LogP contribution in [0.4, 0.5) is 11.6 Å². The van der Waals surface area contributed by atoms with Gasteiger partial charge in [0.25, 0.3) is 5.69 Å². The van der Waals surface area contributed by atoms with Crippen LogP contribution in [0.15, 0.2) is 18.2 Å². The van der Waals surface area contributed by atoms with E-state index >= 15 is 0 Å². The molecule has 0 radical (unpaired) electrons. The molecular formula is C16H22N6O3. The molecule has 9 nitrogen and oxygen atoms in total. The van der Waals surface area contributed by atoms with Gasteiger partial charge in [-0.05, 0) is 19.9 Å². The number of aromatic amines is 1. The molecule has 1 aromatic heterocycles. The Kier molecular flexibility index (Phi) is 4.84. The molecule has 0 aliphatic carbocycles. The van der Waals surface area contributed by atoms with Crippen molar-refractivity contribution in [3.05, 3.63) is 28.3 Å². The van der Waals surface area contributed by atoms with Gasteiger partial charge in [-0.15, -0.1) is 0 Å². The molecule has 9 heteroatoms. The summed E-state index contributed by atoms with van der Waals surface area (Å²) in [5.41, 5.74) is 1.41. The normalized spacial score (nSPS) is 15.7. The molecule has 2 heterocycles. The molecule has 0 saturated carbocycles. The largest absolute Gasteiger partial charge is 0.353 e. The summed E-state index contributed by atoms with van der Waals surface area (Å²) in [5, 5.41) is 13.8. The summed E-state index contributed by atoms with van der Waals surface area (Å²) in [7, 11) is 0. The van der Waals surface area contributed by atoms with E-state index < -0.39 is 4.92 Å². The molecule has 0 unspecified atom stereocenters. The molecule has 2 N–H and O–H groups in total. The van der Waals surface area contributed by atoms with Crippen molar-refractivity contribution < 1.29 is 9.72 Å². The van der Waals surface area contributed by atoms with E-state index in [2.05, 4.69) is 25.1 Å². The van der Waals surface area contributed by atoms with Gasteiger partial charge in [0.15, 0.2) is 0 Å². The van der Waals surface area contributed by atoms with Gasteiger partial charge in [-0.3, -0.25) is 19.8 Å². The van der Waals surface area contributed by atoms with Crippen LogP contribution in [-0.2, 0) is 4.79 Å². The molecule has 0 spiro atoms. The summed E-state index contributed by atoms with van der Waals surface area (Å²) in [6.45, 7) is 7.32. The lowest BCUT2D eigenvalue weighted by molar-refractivity contribution is -0.384. The third-order valence-corrected chi connectivity index (χ3v) is 4.15. The number of carbonyl (C=O) groups excluding carboxylic acids is 1. The number of fused-ring (bicyclic) bond motifs is 1. The van der Waals surface area contributed by atoms with E-state index in [-0.39, 0.29) is 17.6 Å². The predicted molar refractivity (Wildman–Crippen MR) is 94.7 cm³/mol. The monoisotopic (exact) mass is 346 g/mol. The lowest BCUT2D eigenvalue weighted by Gasteiger charge is -2.34. The zero-order valence-electron chi connectivity index (χ0n) is 14.4. The van der Waals surface area contributed by atoms with Crippen LogP contribution in [0.1, 0.15) is 13.8 Å². The SMILES string of the molecule is CC(C)NC(=O)CN1CCN(c2nc3ccc([N+](=O)[O-])cc3[nH]2)CC1. The Morgan fingerprint density at radius 1 is 1.36 bits per heavy atom. The fourth-order valence-corrected chi connectivity index (χ4v) is 2.94. The number of nitro benzene ring substituents is 1. The van der Waals surface area contributed by atoms with Gasteiger partial charge in [0.1, 0.15) is 0 Å². The summed E-state index contributed by atoms with van der Waals surface area (Å²) < 4.78 is 0. The standard InChI is InChI=1S/C16H22N6O3/c1-11(2)17-15(23)10-20-5-7-21(8-6-20)16-18-13-4-3-12(22(24)25)9-14(13)19-16/h3-4,9,11H,5-8,10H2,1-2H3,(H,17,23)(H,18,19). The van der Waals surface area contributed by atoms with Crippen LogP contribution >= 0.6 is 0 Å². The van der Waals surface area contributed by atoms with E-state index in [0.29, 0.717) is 23.5 Å². The highest BCUT2D eigenvalue weighted by Gasteiger charge is 2.21. The van der Waals surface area contributed by atoms with Crippen molar-refractivity contribution >= 4 is 28.6 Å². The number of H-pyrrole nitrogens is 1. The first-order valence-corrected chi connectivity index (χ1v) is 8.33. The molecule has 1 saturated heterocycles. The molecule has 0 atom stereocenters. The second-order valence-corrected chi connectivity index (χ2v) is 6.50. The van der Waals surface area contributed by atoms with Gasteiger partial charge in [0, 0.05) is 44.4 Å². The maximum Gasteiger partial charge on any atom is 0.271 e. The first kappa shape index (κ1) is 17.2. The maximum atomic E-state index is 11.8. The number of benzene rings is 1. The average molecular weight is 346 g/mol. The Morgan fingerprint density at radius 3 is 2.72 bits per heavy atom. The molecule has 1 amide bonds. The number of amides is 1. The van der Waals surface area contributed by atoms with Gasteiger partial charge < -0.3 is 15.2 Å². The highest BCUT2D eigenvalue weighted by atomic mass is 16.6. The van der Waals surface area contributed by atoms with Gasteiger partial charge in [-0.25, -0.2) is 4.98 Å². The number of nitro groups is 1.